The Morgan fingerprint density at radius 2 is 1.71 bits per heavy atom. The molecular formula is C28H41Br2NO4. The number of benzene rings is 1. The SMILES string of the molecule is CCCCCCCCCCCC(=O)Oc1c(Br)cc2c(c1Br)[C@](C)(C(C)C)[C@H]1C(=O)N[C@H](CO)[C@@H]21. The predicted molar refractivity (Wildman–Crippen MR) is 147 cm³/mol. The standard InChI is InChI=1S/C28H41Br2NO4/c1-5-6-7-8-9-10-11-12-13-14-21(33)35-26-19(29)15-18-22-20(16-32)31-27(34)24(22)28(4,17(2)3)23(18)25(26)30/h15,17,20,22,24,32H,5-14,16H2,1-4H3,(H,31,34)/t20-,22-,24-,28+/m1/s1. The average Bonchev–Trinajstić information content (AvgIpc) is 3.29. The first-order valence-electron chi connectivity index (χ1n) is 13.3. The van der Waals surface area contributed by atoms with E-state index in [-0.39, 0.29) is 42.3 Å². The van der Waals surface area contributed by atoms with E-state index < -0.39 is 5.41 Å². The molecule has 1 aliphatic heterocycles. The topological polar surface area (TPSA) is 75.6 Å². The molecule has 2 aliphatic rings. The van der Waals surface area contributed by atoms with Gasteiger partial charge in [-0.25, -0.2) is 0 Å². The lowest BCUT2D eigenvalue weighted by Gasteiger charge is -2.36. The summed E-state index contributed by atoms with van der Waals surface area (Å²) in [4.78, 5) is 25.7. The number of halogens is 2. The number of aliphatic hydroxyl groups excluding tert-OH is 1. The summed E-state index contributed by atoms with van der Waals surface area (Å²) < 4.78 is 7.29. The van der Waals surface area contributed by atoms with E-state index in [0.717, 1.165) is 34.9 Å². The zero-order valence-corrected chi connectivity index (χ0v) is 24.8. The second-order valence-corrected chi connectivity index (χ2v) is 12.4. The Kier molecular flexibility index (Phi) is 10.3. The number of hydrogen-bond acceptors (Lipinski definition) is 4. The third-order valence-electron chi connectivity index (χ3n) is 8.25. The van der Waals surface area contributed by atoms with Gasteiger partial charge in [-0.05, 0) is 61.4 Å². The number of ether oxygens (including phenoxy) is 1. The molecule has 7 heteroatoms. The molecule has 1 amide bonds. The minimum atomic E-state index is -0.453. The number of carbonyl (C=O) groups is 2. The molecule has 0 radical (unpaired) electrons. The molecule has 0 aromatic heterocycles. The molecule has 1 fully saturated rings. The van der Waals surface area contributed by atoms with E-state index in [1.54, 1.807) is 0 Å². The molecule has 1 aliphatic carbocycles. The number of nitrogens with one attached hydrogen (secondary N) is 1. The van der Waals surface area contributed by atoms with Crippen molar-refractivity contribution in [2.45, 2.75) is 109 Å². The summed E-state index contributed by atoms with van der Waals surface area (Å²) in [6.07, 6.45) is 11.2. The van der Waals surface area contributed by atoms with Gasteiger partial charge in [0.2, 0.25) is 5.91 Å². The minimum absolute atomic E-state index is 0.0200. The molecule has 1 heterocycles. The number of esters is 1. The molecule has 35 heavy (non-hydrogen) atoms. The number of fused-ring (bicyclic) bond motifs is 3. The maximum Gasteiger partial charge on any atom is 0.311 e. The van der Waals surface area contributed by atoms with Crippen LogP contribution in [0.15, 0.2) is 15.0 Å². The first kappa shape index (κ1) is 28.6. The van der Waals surface area contributed by atoms with Gasteiger partial charge in [0.1, 0.15) is 0 Å². The number of carbonyl (C=O) groups excluding carboxylic acids is 2. The third-order valence-corrected chi connectivity index (χ3v) is 9.60. The van der Waals surface area contributed by atoms with Crippen molar-refractivity contribution in [3.63, 3.8) is 0 Å². The van der Waals surface area contributed by atoms with Gasteiger partial charge >= 0.3 is 5.97 Å². The molecule has 3 rings (SSSR count). The third kappa shape index (κ3) is 5.82. The highest BCUT2D eigenvalue weighted by Crippen LogP contribution is 2.61. The largest absolute Gasteiger partial charge is 0.424 e. The fourth-order valence-corrected chi connectivity index (χ4v) is 7.77. The normalized spacial score (nSPS) is 25.0. The van der Waals surface area contributed by atoms with Crippen LogP contribution in [-0.4, -0.2) is 29.6 Å². The van der Waals surface area contributed by atoms with Crippen LogP contribution >= 0.6 is 31.9 Å². The van der Waals surface area contributed by atoms with Gasteiger partial charge in [0.15, 0.2) is 5.75 Å². The maximum absolute atomic E-state index is 13.0. The summed E-state index contributed by atoms with van der Waals surface area (Å²) >= 11 is 7.36. The first-order valence-corrected chi connectivity index (χ1v) is 14.9. The second-order valence-electron chi connectivity index (χ2n) is 10.8. The number of aliphatic hydroxyl groups is 1. The van der Waals surface area contributed by atoms with Crippen LogP contribution in [0.25, 0.3) is 0 Å². The average molecular weight is 615 g/mol. The van der Waals surface area contributed by atoms with E-state index in [9.17, 15) is 14.7 Å². The van der Waals surface area contributed by atoms with Crippen LogP contribution in [0, 0.1) is 11.8 Å². The van der Waals surface area contributed by atoms with E-state index in [1.807, 2.05) is 6.07 Å². The van der Waals surface area contributed by atoms with Crippen LogP contribution in [0.4, 0.5) is 0 Å². The highest BCUT2D eigenvalue weighted by molar-refractivity contribution is 9.11. The van der Waals surface area contributed by atoms with Gasteiger partial charge in [-0.2, -0.15) is 0 Å². The lowest BCUT2D eigenvalue weighted by atomic mass is 9.67. The summed E-state index contributed by atoms with van der Waals surface area (Å²) in [7, 11) is 0. The van der Waals surface area contributed by atoms with Crippen LogP contribution < -0.4 is 10.1 Å². The van der Waals surface area contributed by atoms with E-state index >= 15 is 0 Å². The maximum atomic E-state index is 13.0. The van der Waals surface area contributed by atoms with Gasteiger partial charge in [-0.3, -0.25) is 9.59 Å². The van der Waals surface area contributed by atoms with Crippen LogP contribution in [-0.2, 0) is 15.0 Å². The summed E-state index contributed by atoms with van der Waals surface area (Å²) in [6, 6.07) is 1.67. The lowest BCUT2D eigenvalue weighted by Crippen LogP contribution is -2.40. The molecule has 1 aromatic carbocycles. The number of hydrogen-bond donors (Lipinski definition) is 2. The highest BCUT2D eigenvalue weighted by Gasteiger charge is 2.61. The molecular weight excluding hydrogens is 574 g/mol. The molecule has 0 spiro atoms. The van der Waals surface area contributed by atoms with Crippen molar-refractivity contribution < 1.29 is 19.4 Å². The van der Waals surface area contributed by atoms with E-state index in [4.69, 9.17) is 4.74 Å². The van der Waals surface area contributed by atoms with Crippen LogP contribution in [0.1, 0.15) is 109 Å². The van der Waals surface area contributed by atoms with Crippen molar-refractivity contribution in [1.82, 2.24) is 5.32 Å². The number of unbranched alkanes of at least 4 members (excludes halogenated alkanes) is 8. The van der Waals surface area contributed by atoms with Gasteiger partial charge in [-0.15, -0.1) is 0 Å². The summed E-state index contributed by atoms with van der Waals surface area (Å²) in [5, 5.41) is 12.9. The zero-order valence-electron chi connectivity index (χ0n) is 21.6. The van der Waals surface area contributed by atoms with Crippen molar-refractivity contribution >= 4 is 43.7 Å². The Morgan fingerprint density at radius 1 is 1.11 bits per heavy atom. The van der Waals surface area contributed by atoms with E-state index in [1.165, 1.54) is 38.5 Å². The predicted octanol–water partition coefficient (Wildman–Crippen LogP) is 7.16. The van der Waals surface area contributed by atoms with Crippen LogP contribution in [0.5, 0.6) is 5.75 Å². The molecule has 196 valence electrons. The Hall–Kier alpha value is -0.920. The summed E-state index contributed by atoms with van der Waals surface area (Å²) in [5.74, 6) is 0.0121. The first-order chi connectivity index (χ1) is 16.7. The van der Waals surface area contributed by atoms with Crippen molar-refractivity contribution in [1.29, 1.82) is 0 Å². The molecule has 0 saturated carbocycles. The Morgan fingerprint density at radius 3 is 2.29 bits per heavy atom. The van der Waals surface area contributed by atoms with Crippen molar-refractivity contribution in [3.05, 3.63) is 26.1 Å². The minimum Gasteiger partial charge on any atom is -0.424 e. The van der Waals surface area contributed by atoms with Crippen molar-refractivity contribution in [3.8, 4) is 5.75 Å². The Bertz CT molecular complexity index is 919. The fourth-order valence-electron chi connectivity index (χ4n) is 6.03. The fraction of sp³-hybridized carbons (Fsp3) is 0.714. The molecule has 2 N–H and O–H groups in total. The second kappa shape index (κ2) is 12.6. The number of amides is 1. The van der Waals surface area contributed by atoms with Gasteiger partial charge in [0.25, 0.3) is 0 Å². The molecule has 4 atom stereocenters. The van der Waals surface area contributed by atoms with E-state index in [2.05, 4.69) is 64.9 Å². The molecule has 0 bridgehead atoms. The van der Waals surface area contributed by atoms with E-state index in [0.29, 0.717) is 16.6 Å². The Labute approximate surface area is 227 Å². The lowest BCUT2D eigenvalue weighted by molar-refractivity contribution is -0.134. The van der Waals surface area contributed by atoms with Gasteiger partial charge < -0.3 is 15.2 Å². The van der Waals surface area contributed by atoms with Gasteiger partial charge in [-0.1, -0.05) is 79.1 Å². The summed E-state index contributed by atoms with van der Waals surface area (Å²) in [6.45, 7) is 8.49. The smallest absolute Gasteiger partial charge is 0.311 e. The Balaban J connectivity index is 1.69. The van der Waals surface area contributed by atoms with Crippen molar-refractivity contribution in [2.24, 2.45) is 11.8 Å². The monoisotopic (exact) mass is 613 g/mol. The van der Waals surface area contributed by atoms with Crippen LogP contribution in [0.2, 0.25) is 0 Å². The summed E-state index contributed by atoms with van der Waals surface area (Å²) in [5.41, 5.74) is 1.59. The quantitative estimate of drug-likeness (QED) is 0.140. The van der Waals surface area contributed by atoms with Crippen molar-refractivity contribution in [2.75, 3.05) is 6.61 Å². The molecule has 1 saturated heterocycles. The van der Waals surface area contributed by atoms with Gasteiger partial charge in [0.05, 0.1) is 27.5 Å². The zero-order chi connectivity index (χ0) is 25.8. The highest BCUT2D eigenvalue weighted by atomic mass is 79.9. The molecule has 1 aromatic rings. The number of rotatable bonds is 13. The molecule has 5 nitrogen and oxygen atoms in total. The van der Waals surface area contributed by atoms with Crippen LogP contribution in [0.3, 0.4) is 0 Å². The van der Waals surface area contributed by atoms with Gasteiger partial charge in [0, 0.05) is 17.8 Å². The molecule has 0 unspecified atom stereocenters.